The summed E-state index contributed by atoms with van der Waals surface area (Å²) in [5.74, 6) is 0. The van der Waals surface area contributed by atoms with E-state index in [-0.39, 0.29) is 0 Å². The molecule has 0 spiro atoms. The quantitative estimate of drug-likeness (QED) is 0.420. The van der Waals surface area contributed by atoms with Crippen LogP contribution in [0.2, 0.25) is 0 Å². The second-order valence-electron chi connectivity index (χ2n) is 5.87. The Labute approximate surface area is 108 Å². The van der Waals surface area contributed by atoms with Gasteiger partial charge < -0.3 is 4.74 Å². The maximum atomic E-state index is 6.04. The van der Waals surface area contributed by atoms with Gasteiger partial charge in [0, 0.05) is 10.5 Å². The molecular formula is C13H25IO. The van der Waals surface area contributed by atoms with Crippen molar-refractivity contribution in [3.05, 3.63) is 0 Å². The van der Waals surface area contributed by atoms with Crippen LogP contribution in [0.25, 0.3) is 0 Å². The Morgan fingerprint density at radius 2 is 1.80 bits per heavy atom. The van der Waals surface area contributed by atoms with Gasteiger partial charge >= 0.3 is 0 Å². The molecule has 2 atom stereocenters. The molecule has 0 aromatic heterocycles. The summed E-state index contributed by atoms with van der Waals surface area (Å²) < 4.78 is 6.78. The van der Waals surface area contributed by atoms with Gasteiger partial charge in [0.05, 0.1) is 6.10 Å². The van der Waals surface area contributed by atoms with Crippen molar-refractivity contribution in [1.29, 1.82) is 0 Å². The Morgan fingerprint density at radius 3 is 2.47 bits per heavy atom. The van der Waals surface area contributed by atoms with Crippen LogP contribution in [-0.4, -0.2) is 16.6 Å². The van der Waals surface area contributed by atoms with Crippen molar-refractivity contribution < 1.29 is 4.74 Å². The van der Waals surface area contributed by atoms with Gasteiger partial charge in [0.25, 0.3) is 0 Å². The number of hydrogen-bond acceptors (Lipinski definition) is 1. The van der Waals surface area contributed by atoms with E-state index in [0.717, 1.165) is 10.5 Å². The van der Waals surface area contributed by atoms with Gasteiger partial charge in [-0.05, 0) is 24.7 Å². The van der Waals surface area contributed by atoms with Crippen LogP contribution in [-0.2, 0) is 4.74 Å². The largest absolute Gasteiger partial charge is 0.377 e. The molecule has 0 aromatic rings. The van der Waals surface area contributed by atoms with Gasteiger partial charge in [0.2, 0.25) is 0 Å². The van der Waals surface area contributed by atoms with E-state index >= 15 is 0 Å². The predicted molar refractivity (Wildman–Crippen MR) is 74.7 cm³/mol. The molecule has 0 N–H and O–H groups in total. The zero-order valence-corrected chi connectivity index (χ0v) is 12.5. The fourth-order valence-electron chi connectivity index (χ4n) is 1.93. The van der Waals surface area contributed by atoms with Crippen LogP contribution >= 0.6 is 22.6 Å². The summed E-state index contributed by atoms with van der Waals surface area (Å²) in [5.41, 5.74) is 0.408. The van der Waals surface area contributed by atoms with Crippen LogP contribution in [0.4, 0.5) is 0 Å². The SMILES string of the molecule is CC(C)(C)CCOC1CCCCCC1I. The highest BCUT2D eigenvalue weighted by atomic mass is 127. The second kappa shape index (κ2) is 6.43. The Hall–Kier alpha value is 0.690. The molecule has 1 aliphatic rings. The monoisotopic (exact) mass is 324 g/mol. The molecule has 90 valence electrons. The molecule has 2 unspecified atom stereocenters. The fraction of sp³-hybridized carbons (Fsp3) is 1.00. The molecule has 1 saturated carbocycles. The van der Waals surface area contributed by atoms with Crippen LogP contribution in [0.1, 0.15) is 59.3 Å². The zero-order valence-electron chi connectivity index (χ0n) is 10.4. The van der Waals surface area contributed by atoms with Gasteiger partial charge in [-0.25, -0.2) is 0 Å². The Balaban J connectivity index is 2.23. The summed E-state index contributed by atoms with van der Waals surface area (Å²) >= 11 is 2.58. The lowest BCUT2D eigenvalue weighted by molar-refractivity contribution is 0.0351. The molecule has 0 heterocycles. The number of hydrogen-bond donors (Lipinski definition) is 0. The normalized spacial score (nSPS) is 28.8. The Bertz CT molecular complexity index is 174. The van der Waals surface area contributed by atoms with E-state index in [9.17, 15) is 0 Å². The van der Waals surface area contributed by atoms with E-state index in [4.69, 9.17) is 4.74 Å². The average Bonchev–Trinajstić information content (AvgIpc) is 2.30. The van der Waals surface area contributed by atoms with Gasteiger partial charge in [-0.1, -0.05) is 62.6 Å². The van der Waals surface area contributed by atoms with Gasteiger partial charge in [0.15, 0.2) is 0 Å². The van der Waals surface area contributed by atoms with E-state index in [1.807, 2.05) is 0 Å². The van der Waals surface area contributed by atoms with Gasteiger partial charge in [0.1, 0.15) is 0 Å². The molecule has 0 aliphatic heterocycles. The standard InChI is InChI=1S/C13H25IO/c1-13(2,3)9-10-15-12-8-6-4-5-7-11(12)14/h11-12H,4-10H2,1-3H3. The van der Waals surface area contributed by atoms with Crippen molar-refractivity contribution in [2.45, 2.75) is 69.3 Å². The number of rotatable bonds is 3. The van der Waals surface area contributed by atoms with Crippen molar-refractivity contribution in [2.24, 2.45) is 5.41 Å². The highest BCUT2D eigenvalue weighted by Crippen LogP contribution is 2.27. The van der Waals surface area contributed by atoms with E-state index < -0.39 is 0 Å². The third kappa shape index (κ3) is 6.10. The first-order valence-corrected chi connectivity index (χ1v) is 7.49. The van der Waals surface area contributed by atoms with E-state index in [2.05, 4.69) is 43.4 Å². The molecule has 0 aromatic carbocycles. The summed E-state index contributed by atoms with van der Waals surface area (Å²) in [7, 11) is 0. The molecule has 1 rings (SSSR count). The van der Waals surface area contributed by atoms with Crippen LogP contribution < -0.4 is 0 Å². The van der Waals surface area contributed by atoms with Crippen LogP contribution in [0.5, 0.6) is 0 Å². The maximum Gasteiger partial charge on any atom is 0.0692 e. The lowest BCUT2D eigenvalue weighted by atomic mass is 9.93. The summed E-state index contributed by atoms with van der Waals surface area (Å²) in [6, 6.07) is 0. The molecule has 15 heavy (non-hydrogen) atoms. The van der Waals surface area contributed by atoms with Crippen molar-refractivity contribution in [2.75, 3.05) is 6.61 Å². The lowest BCUT2D eigenvalue weighted by Crippen LogP contribution is -2.24. The topological polar surface area (TPSA) is 9.23 Å². The van der Waals surface area contributed by atoms with E-state index in [1.165, 1.54) is 38.5 Å². The first kappa shape index (κ1) is 13.8. The fourth-order valence-corrected chi connectivity index (χ4v) is 2.94. The molecule has 0 radical (unpaired) electrons. The summed E-state index contributed by atoms with van der Waals surface area (Å²) in [6.45, 7) is 7.79. The second-order valence-corrected chi connectivity index (χ2v) is 7.47. The van der Waals surface area contributed by atoms with Crippen molar-refractivity contribution in [1.82, 2.24) is 0 Å². The average molecular weight is 324 g/mol. The number of halogens is 1. The van der Waals surface area contributed by atoms with Crippen molar-refractivity contribution in [3.8, 4) is 0 Å². The number of alkyl halides is 1. The van der Waals surface area contributed by atoms with Crippen LogP contribution in [0.15, 0.2) is 0 Å². The molecule has 1 aliphatic carbocycles. The first-order chi connectivity index (χ1) is 6.99. The molecule has 1 fully saturated rings. The van der Waals surface area contributed by atoms with Crippen molar-refractivity contribution in [3.63, 3.8) is 0 Å². The van der Waals surface area contributed by atoms with Gasteiger partial charge in [-0.15, -0.1) is 0 Å². The summed E-state index contributed by atoms with van der Waals surface area (Å²) in [6.07, 6.45) is 8.48. The van der Waals surface area contributed by atoms with Crippen LogP contribution in [0.3, 0.4) is 0 Å². The highest BCUT2D eigenvalue weighted by Gasteiger charge is 2.22. The van der Waals surface area contributed by atoms with Gasteiger partial charge in [-0.3, -0.25) is 0 Å². The maximum absolute atomic E-state index is 6.04. The summed E-state index contributed by atoms with van der Waals surface area (Å²) in [5, 5.41) is 0. The van der Waals surface area contributed by atoms with Crippen LogP contribution in [0, 0.1) is 5.41 Å². The lowest BCUT2D eigenvalue weighted by Gasteiger charge is -2.24. The summed E-state index contributed by atoms with van der Waals surface area (Å²) in [4.78, 5) is 0. The van der Waals surface area contributed by atoms with Gasteiger partial charge in [-0.2, -0.15) is 0 Å². The molecule has 1 nitrogen and oxygen atoms in total. The third-order valence-electron chi connectivity index (χ3n) is 3.06. The molecular weight excluding hydrogens is 299 g/mol. The molecule has 0 saturated heterocycles. The van der Waals surface area contributed by atoms with E-state index in [0.29, 0.717) is 11.5 Å². The predicted octanol–water partition coefficient (Wildman–Crippen LogP) is 4.58. The van der Waals surface area contributed by atoms with E-state index in [1.54, 1.807) is 0 Å². The number of ether oxygens (including phenoxy) is 1. The molecule has 0 bridgehead atoms. The minimum atomic E-state index is 0.408. The zero-order chi connectivity index (χ0) is 11.3. The Kier molecular flexibility index (Phi) is 5.90. The Morgan fingerprint density at radius 1 is 1.13 bits per heavy atom. The highest BCUT2D eigenvalue weighted by molar-refractivity contribution is 14.1. The minimum Gasteiger partial charge on any atom is -0.377 e. The molecule has 0 amide bonds. The molecule has 2 heteroatoms. The smallest absolute Gasteiger partial charge is 0.0692 e. The van der Waals surface area contributed by atoms with Crippen molar-refractivity contribution >= 4 is 22.6 Å². The minimum absolute atomic E-state index is 0.408. The first-order valence-electron chi connectivity index (χ1n) is 6.25. The third-order valence-corrected chi connectivity index (χ3v) is 4.48.